The summed E-state index contributed by atoms with van der Waals surface area (Å²) in [7, 11) is 0. The van der Waals surface area contributed by atoms with Gasteiger partial charge in [0.2, 0.25) is 0 Å². The number of hydrogen-bond donors (Lipinski definition) is 1. The fourth-order valence-electron chi connectivity index (χ4n) is 2.28. The average molecular weight is 219 g/mol. The van der Waals surface area contributed by atoms with Crippen LogP contribution in [-0.2, 0) is 0 Å². The summed E-state index contributed by atoms with van der Waals surface area (Å²) in [5, 5.41) is 3.44. The zero-order valence-corrected chi connectivity index (χ0v) is 10.6. The first-order valence-electron chi connectivity index (χ1n) is 6.09. The average Bonchev–Trinajstić information content (AvgIpc) is 2.27. The van der Waals surface area contributed by atoms with Gasteiger partial charge < -0.3 is 10.2 Å². The number of hydrogen-bond acceptors (Lipinski definition) is 3. The third-order valence-electron chi connectivity index (χ3n) is 3.15. The number of pyridine rings is 1. The Bertz CT molecular complexity index is 371. The normalized spacial score (nSPS) is 15.2. The topological polar surface area (TPSA) is 28.2 Å². The quantitative estimate of drug-likeness (QED) is 0.829. The lowest BCUT2D eigenvalue weighted by Crippen LogP contribution is -2.39. The molecule has 0 saturated heterocycles. The molecule has 3 nitrogen and oxygen atoms in total. The molecule has 0 unspecified atom stereocenters. The van der Waals surface area contributed by atoms with Gasteiger partial charge in [0, 0.05) is 25.3 Å². The lowest BCUT2D eigenvalue weighted by molar-refractivity contribution is 0.670. The first-order chi connectivity index (χ1) is 7.61. The molecule has 0 aliphatic carbocycles. The lowest BCUT2D eigenvalue weighted by atomic mass is 10.00. The number of anilines is 2. The number of nitrogens with zero attached hydrogens (tertiary/aromatic N) is 2. The molecule has 0 saturated carbocycles. The highest BCUT2D eigenvalue weighted by atomic mass is 15.2. The molecular weight excluding hydrogens is 198 g/mol. The zero-order chi connectivity index (χ0) is 11.7. The van der Waals surface area contributed by atoms with E-state index in [1.165, 1.54) is 16.9 Å². The van der Waals surface area contributed by atoms with Crippen molar-refractivity contribution in [3.8, 4) is 0 Å². The van der Waals surface area contributed by atoms with E-state index in [1.807, 2.05) is 12.4 Å². The molecule has 0 atom stereocenters. The SMILES string of the molecule is CC(C)c1cncc2c1N(C(C)C)CCN2. The third-order valence-corrected chi connectivity index (χ3v) is 3.15. The van der Waals surface area contributed by atoms with Crippen molar-refractivity contribution in [3.05, 3.63) is 18.0 Å². The highest BCUT2D eigenvalue weighted by Gasteiger charge is 2.23. The second-order valence-electron chi connectivity index (χ2n) is 4.99. The Labute approximate surface area is 97.9 Å². The zero-order valence-electron chi connectivity index (χ0n) is 10.6. The van der Waals surface area contributed by atoms with Crippen LogP contribution in [0.25, 0.3) is 0 Å². The van der Waals surface area contributed by atoms with Crippen LogP contribution in [0.5, 0.6) is 0 Å². The summed E-state index contributed by atoms with van der Waals surface area (Å²) >= 11 is 0. The number of aromatic nitrogens is 1. The molecule has 1 aliphatic rings. The first kappa shape index (κ1) is 11.2. The van der Waals surface area contributed by atoms with Crippen LogP contribution in [0.1, 0.15) is 39.2 Å². The van der Waals surface area contributed by atoms with Crippen LogP contribution < -0.4 is 10.2 Å². The molecule has 0 amide bonds. The second-order valence-corrected chi connectivity index (χ2v) is 4.99. The van der Waals surface area contributed by atoms with Crippen molar-refractivity contribution >= 4 is 11.4 Å². The molecule has 0 radical (unpaired) electrons. The molecule has 0 aromatic carbocycles. The fraction of sp³-hybridized carbons (Fsp3) is 0.615. The van der Waals surface area contributed by atoms with E-state index in [4.69, 9.17) is 0 Å². The summed E-state index contributed by atoms with van der Waals surface area (Å²) in [6.45, 7) is 11.0. The smallest absolute Gasteiger partial charge is 0.0768 e. The molecule has 88 valence electrons. The van der Waals surface area contributed by atoms with Crippen LogP contribution in [0.15, 0.2) is 12.4 Å². The molecule has 2 rings (SSSR count). The van der Waals surface area contributed by atoms with Crippen LogP contribution >= 0.6 is 0 Å². The van der Waals surface area contributed by atoms with E-state index in [-0.39, 0.29) is 0 Å². The maximum atomic E-state index is 4.32. The lowest BCUT2D eigenvalue weighted by Gasteiger charge is -2.37. The molecule has 3 heteroatoms. The standard InChI is InChI=1S/C13H21N3/c1-9(2)11-7-14-8-12-13(11)16(10(3)4)6-5-15-12/h7-10,15H,5-6H2,1-4H3. The molecule has 1 N–H and O–H groups in total. The van der Waals surface area contributed by atoms with Crippen LogP contribution in [-0.4, -0.2) is 24.1 Å². The van der Waals surface area contributed by atoms with E-state index < -0.39 is 0 Å². The Morgan fingerprint density at radius 3 is 2.62 bits per heavy atom. The van der Waals surface area contributed by atoms with Gasteiger partial charge in [-0.2, -0.15) is 0 Å². The summed E-state index contributed by atoms with van der Waals surface area (Å²) in [6.07, 6.45) is 3.95. The van der Waals surface area contributed by atoms with Gasteiger partial charge in [-0.3, -0.25) is 4.98 Å². The largest absolute Gasteiger partial charge is 0.380 e. The van der Waals surface area contributed by atoms with Crippen LogP contribution in [0.3, 0.4) is 0 Å². The Kier molecular flexibility index (Phi) is 3.03. The fourth-order valence-corrected chi connectivity index (χ4v) is 2.28. The molecule has 1 aromatic rings. The molecule has 0 spiro atoms. The Morgan fingerprint density at radius 1 is 1.25 bits per heavy atom. The van der Waals surface area contributed by atoms with Gasteiger partial charge in [0.15, 0.2) is 0 Å². The molecule has 1 aromatic heterocycles. The van der Waals surface area contributed by atoms with Crippen molar-refractivity contribution in [2.75, 3.05) is 23.3 Å². The van der Waals surface area contributed by atoms with Gasteiger partial charge in [0.25, 0.3) is 0 Å². The summed E-state index contributed by atoms with van der Waals surface area (Å²) in [4.78, 5) is 6.80. The Balaban J connectivity index is 2.51. The summed E-state index contributed by atoms with van der Waals surface area (Å²) in [6, 6.07) is 0.542. The maximum Gasteiger partial charge on any atom is 0.0768 e. The monoisotopic (exact) mass is 219 g/mol. The summed E-state index contributed by atoms with van der Waals surface area (Å²) < 4.78 is 0. The van der Waals surface area contributed by atoms with E-state index in [1.54, 1.807) is 0 Å². The molecule has 16 heavy (non-hydrogen) atoms. The minimum Gasteiger partial charge on any atom is -0.380 e. The summed E-state index contributed by atoms with van der Waals surface area (Å²) in [5.74, 6) is 0.517. The Hall–Kier alpha value is -1.25. The van der Waals surface area contributed by atoms with Crippen molar-refractivity contribution in [1.82, 2.24) is 4.98 Å². The van der Waals surface area contributed by atoms with E-state index in [9.17, 15) is 0 Å². The van der Waals surface area contributed by atoms with E-state index in [0.29, 0.717) is 12.0 Å². The predicted molar refractivity (Wildman–Crippen MR) is 69.3 cm³/mol. The number of fused-ring (bicyclic) bond motifs is 1. The third kappa shape index (κ3) is 1.86. The van der Waals surface area contributed by atoms with Gasteiger partial charge >= 0.3 is 0 Å². The number of nitrogens with one attached hydrogen (secondary N) is 1. The molecule has 2 heterocycles. The first-order valence-corrected chi connectivity index (χ1v) is 6.09. The highest BCUT2D eigenvalue weighted by molar-refractivity contribution is 5.75. The van der Waals surface area contributed by atoms with Gasteiger partial charge in [0.05, 0.1) is 17.6 Å². The van der Waals surface area contributed by atoms with Crippen LogP contribution in [0, 0.1) is 0 Å². The molecular formula is C13H21N3. The molecule has 0 fully saturated rings. The minimum absolute atomic E-state index is 0.517. The van der Waals surface area contributed by atoms with Crippen LogP contribution in [0.4, 0.5) is 11.4 Å². The van der Waals surface area contributed by atoms with Crippen molar-refractivity contribution in [3.63, 3.8) is 0 Å². The van der Waals surface area contributed by atoms with Crippen molar-refractivity contribution in [1.29, 1.82) is 0 Å². The minimum atomic E-state index is 0.517. The summed E-state index contributed by atoms with van der Waals surface area (Å²) in [5.41, 5.74) is 3.89. The molecule has 0 bridgehead atoms. The number of rotatable bonds is 2. The van der Waals surface area contributed by atoms with Gasteiger partial charge in [-0.15, -0.1) is 0 Å². The predicted octanol–water partition coefficient (Wildman–Crippen LogP) is 2.85. The van der Waals surface area contributed by atoms with Gasteiger partial charge in [0.1, 0.15) is 0 Å². The second kappa shape index (κ2) is 4.32. The van der Waals surface area contributed by atoms with Crippen molar-refractivity contribution in [2.24, 2.45) is 0 Å². The van der Waals surface area contributed by atoms with Gasteiger partial charge in [-0.1, -0.05) is 13.8 Å². The van der Waals surface area contributed by atoms with Crippen molar-refractivity contribution in [2.45, 2.75) is 39.7 Å². The van der Waals surface area contributed by atoms with E-state index in [2.05, 4.69) is 42.9 Å². The maximum absolute atomic E-state index is 4.32. The van der Waals surface area contributed by atoms with E-state index >= 15 is 0 Å². The Morgan fingerprint density at radius 2 is 2.00 bits per heavy atom. The van der Waals surface area contributed by atoms with E-state index in [0.717, 1.165) is 13.1 Å². The van der Waals surface area contributed by atoms with Gasteiger partial charge in [-0.05, 0) is 25.3 Å². The van der Waals surface area contributed by atoms with Crippen molar-refractivity contribution < 1.29 is 0 Å². The van der Waals surface area contributed by atoms with Gasteiger partial charge in [-0.25, -0.2) is 0 Å². The molecule has 1 aliphatic heterocycles. The highest BCUT2D eigenvalue weighted by Crippen LogP contribution is 2.36. The van der Waals surface area contributed by atoms with Crippen LogP contribution in [0.2, 0.25) is 0 Å².